The van der Waals surface area contributed by atoms with Crippen molar-refractivity contribution >= 4 is 38.0 Å². The smallest absolute Gasteiger partial charge is 0.273 e. The van der Waals surface area contributed by atoms with Gasteiger partial charge in [0.15, 0.2) is 4.21 Å². The lowest BCUT2D eigenvalue weighted by Gasteiger charge is -2.22. The maximum atomic E-state index is 12.5. The van der Waals surface area contributed by atoms with Gasteiger partial charge in [0, 0.05) is 29.7 Å². The Morgan fingerprint density at radius 2 is 2.26 bits per heavy atom. The van der Waals surface area contributed by atoms with Gasteiger partial charge < -0.3 is 9.88 Å². The number of hydrogen-bond acceptors (Lipinski definition) is 5. The summed E-state index contributed by atoms with van der Waals surface area (Å²) in [6.07, 6.45) is 2.28. The van der Waals surface area contributed by atoms with Crippen LogP contribution < -0.4 is 4.72 Å². The minimum absolute atomic E-state index is 0.221. The Kier molecular flexibility index (Phi) is 3.40. The van der Waals surface area contributed by atoms with E-state index >= 15 is 0 Å². The lowest BCUT2D eigenvalue weighted by atomic mass is 10.0. The molecule has 0 aliphatic carbocycles. The lowest BCUT2D eigenvalue weighted by molar-refractivity contribution is 0.310. The van der Waals surface area contributed by atoms with Crippen LogP contribution in [0.2, 0.25) is 0 Å². The molecule has 1 aliphatic heterocycles. The van der Waals surface area contributed by atoms with Gasteiger partial charge in [0.2, 0.25) is 0 Å². The number of anilines is 1. The number of nitrogens with zero attached hydrogens (tertiary/aromatic N) is 2. The molecular weight excluding hydrogens is 332 g/mol. The molecule has 0 saturated heterocycles. The van der Waals surface area contributed by atoms with Gasteiger partial charge in [-0.1, -0.05) is 6.07 Å². The van der Waals surface area contributed by atoms with Gasteiger partial charge in [0.05, 0.1) is 17.4 Å². The molecule has 0 amide bonds. The topological polar surface area (TPSA) is 78.1 Å². The number of aromatic amines is 1. The molecule has 23 heavy (non-hydrogen) atoms. The molecule has 3 aromatic rings. The fourth-order valence-corrected chi connectivity index (χ4v) is 4.92. The zero-order chi connectivity index (χ0) is 16.0. The number of benzene rings is 1. The molecule has 4 rings (SSSR count). The standard InChI is InChI=1S/C15H16N4O2S2/c1-19-6-5-10-13(8-19)17-11-3-2-4-12(15(10)11)18-23(20,21)14-7-16-9-22-14/h2-4,7,9,17-18H,5-6,8H2,1H3. The van der Waals surface area contributed by atoms with Crippen LogP contribution in [-0.2, 0) is 23.0 Å². The van der Waals surface area contributed by atoms with Crippen molar-refractivity contribution in [1.82, 2.24) is 14.9 Å². The molecule has 0 saturated carbocycles. The van der Waals surface area contributed by atoms with Crippen molar-refractivity contribution in [2.24, 2.45) is 0 Å². The molecule has 0 radical (unpaired) electrons. The highest BCUT2D eigenvalue weighted by molar-refractivity contribution is 7.94. The molecule has 6 nitrogen and oxygen atoms in total. The van der Waals surface area contributed by atoms with Crippen molar-refractivity contribution in [3.63, 3.8) is 0 Å². The van der Waals surface area contributed by atoms with Gasteiger partial charge in [0.1, 0.15) is 0 Å². The van der Waals surface area contributed by atoms with Gasteiger partial charge in [-0.05, 0) is 31.2 Å². The molecule has 1 aliphatic rings. The summed E-state index contributed by atoms with van der Waals surface area (Å²) in [7, 11) is -1.51. The molecule has 0 spiro atoms. The van der Waals surface area contributed by atoms with Gasteiger partial charge in [-0.25, -0.2) is 8.42 Å². The largest absolute Gasteiger partial charge is 0.357 e. The fourth-order valence-electron chi connectivity index (χ4n) is 3.05. The van der Waals surface area contributed by atoms with Crippen molar-refractivity contribution < 1.29 is 8.42 Å². The number of aromatic nitrogens is 2. The highest BCUT2D eigenvalue weighted by Crippen LogP contribution is 2.33. The van der Waals surface area contributed by atoms with Crippen LogP contribution in [0.15, 0.2) is 34.1 Å². The van der Waals surface area contributed by atoms with Crippen LogP contribution in [0.25, 0.3) is 10.9 Å². The number of likely N-dealkylation sites (N-methyl/N-ethyl adjacent to an activating group) is 1. The monoisotopic (exact) mass is 348 g/mol. The number of H-pyrrole nitrogens is 1. The minimum atomic E-state index is -3.59. The summed E-state index contributed by atoms with van der Waals surface area (Å²) in [5, 5.41) is 0.976. The van der Waals surface area contributed by atoms with E-state index in [0.717, 1.165) is 47.4 Å². The Morgan fingerprint density at radius 1 is 1.39 bits per heavy atom. The number of fused-ring (bicyclic) bond motifs is 3. The minimum Gasteiger partial charge on any atom is -0.357 e. The first-order valence-corrected chi connectivity index (χ1v) is 9.63. The Bertz CT molecular complexity index is 961. The summed E-state index contributed by atoms with van der Waals surface area (Å²) in [4.78, 5) is 9.52. The molecule has 120 valence electrons. The molecule has 0 bridgehead atoms. The Hall–Kier alpha value is -1.90. The van der Waals surface area contributed by atoms with E-state index in [9.17, 15) is 8.42 Å². The molecule has 2 aromatic heterocycles. The van der Waals surface area contributed by atoms with E-state index in [-0.39, 0.29) is 4.21 Å². The summed E-state index contributed by atoms with van der Waals surface area (Å²) < 4.78 is 27.9. The summed E-state index contributed by atoms with van der Waals surface area (Å²) in [6.45, 7) is 1.82. The predicted octanol–water partition coefficient (Wildman–Crippen LogP) is 2.41. The maximum Gasteiger partial charge on any atom is 0.273 e. The maximum absolute atomic E-state index is 12.5. The average Bonchev–Trinajstić information content (AvgIpc) is 3.14. The Labute approximate surface area is 138 Å². The van der Waals surface area contributed by atoms with E-state index in [1.165, 1.54) is 17.3 Å². The van der Waals surface area contributed by atoms with Crippen LogP contribution in [0.4, 0.5) is 5.69 Å². The van der Waals surface area contributed by atoms with Gasteiger partial charge in [-0.3, -0.25) is 9.71 Å². The second-order valence-corrected chi connectivity index (χ2v) is 8.52. The molecular formula is C15H16N4O2S2. The van der Waals surface area contributed by atoms with Crippen LogP contribution in [0, 0.1) is 0 Å². The van der Waals surface area contributed by atoms with E-state index in [4.69, 9.17) is 0 Å². The first-order valence-electron chi connectivity index (χ1n) is 7.27. The van der Waals surface area contributed by atoms with Gasteiger partial charge in [-0.15, -0.1) is 11.3 Å². The second-order valence-electron chi connectivity index (χ2n) is 5.72. The number of nitrogens with one attached hydrogen (secondary N) is 2. The van der Waals surface area contributed by atoms with E-state index in [1.807, 2.05) is 18.2 Å². The van der Waals surface area contributed by atoms with Crippen molar-refractivity contribution in [2.45, 2.75) is 17.2 Å². The quantitative estimate of drug-likeness (QED) is 0.762. The van der Waals surface area contributed by atoms with Crippen LogP contribution in [0.1, 0.15) is 11.3 Å². The van der Waals surface area contributed by atoms with Crippen LogP contribution in [-0.4, -0.2) is 36.9 Å². The first-order chi connectivity index (χ1) is 11.0. The van der Waals surface area contributed by atoms with E-state index < -0.39 is 10.0 Å². The van der Waals surface area contributed by atoms with Crippen molar-refractivity contribution in [2.75, 3.05) is 18.3 Å². The highest BCUT2D eigenvalue weighted by atomic mass is 32.2. The third-order valence-electron chi connectivity index (χ3n) is 4.11. The second kappa shape index (κ2) is 5.33. The lowest BCUT2D eigenvalue weighted by Crippen LogP contribution is -2.26. The highest BCUT2D eigenvalue weighted by Gasteiger charge is 2.23. The summed E-state index contributed by atoms with van der Waals surface area (Å²) >= 11 is 1.11. The molecule has 1 aromatic carbocycles. The van der Waals surface area contributed by atoms with E-state index in [0.29, 0.717) is 5.69 Å². The first kappa shape index (κ1) is 14.7. The summed E-state index contributed by atoms with van der Waals surface area (Å²) in [5.74, 6) is 0. The van der Waals surface area contributed by atoms with Crippen LogP contribution in [0.3, 0.4) is 0 Å². The molecule has 0 unspecified atom stereocenters. The number of rotatable bonds is 3. The third kappa shape index (κ3) is 2.52. The fraction of sp³-hybridized carbons (Fsp3) is 0.267. The zero-order valence-electron chi connectivity index (χ0n) is 12.5. The average molecular weight is 348 g/mol. The molecule has 8 heteroatoms. The Morgan fingerprint density at radius 3 is 3.04 bits per heavy atom. The molecule has 3 heterocycles. The van der Waals surface area contributed by atoms with Crippen LogP contribution >= 0.6 is 11.3 Å². The Balaban J connectivity index is 1.82. The molecule has 0 atom stereocenters. The van der Waals surface area contributed by atoms with E-state index in [1.54, 1.807) is 0 Å². The van der Waals surface area contributed by atoms with Gasteiger partial charge >= 0.3 is 0 Å². The van der Waals surface area contributed by atoms with Crippen molar-refractivity contribution in [3.8, 4) is 0 Å². The summed E-state index contributed by atoms with van der Waals surface area (Å²) in [6, 6.07) is 5.66. The van der Waals surface area contributed by atoms with Gasteiger partial charge in [0.25, 0.3) is 10.0 Å². The van der Waals surface area contributed by atoms with Crippen molar-refractivity contribution in [1.29, 1.82) is 0 Å². The van der Waals surface area contributed by atoms with Crippen LogP contribution in [0.5, 0.6) is 0 Å². The summed E-state index contributed by atoms with van der Waals surface area (Å²) in [5.41, 5.74) is 5.48. The normalized spacial score (nSPS) is 15.7. The van der Waals surface area contributed by atoms with E-state index in [2.05, 4.69) is 26.6 Å². The molecule has 2 N–H and O–H groups in total. The SMILES string of the molecule is CN1CCc2c([nH]c3cccc(NS(=O)(=O)c4cncs4)c23)C1. The van der Waals surface area contributed by atoms with Crippen molar-refractivity contribution in [3.05, 3.63) is 41.2 Å². The predicted molar refractivity (Wildman–Crippen MR) is 91.3 cm³/mol. The number of hydrogen-bond donors (Lipinski definition) is 2. The zero-order valence-corrected chi connectivity index (χ0v) is 14.2. The third-order valence-corrected chi connectivity index (χ3v) is 6.74. The van der Waals surface area contributed by atoms with Gasteiger partial charge in [-0.2, -0.15) is 0 Å². The number of sulfonamides is 1. The number of thiazole rings is 1. The molecule has 0 fully saturated rings.